The Hall–Kier alpha value is -1.45. The van der Waals surface area contributed by atoms with Crippen LogP contribution in [0.2, 0.25) is 0 Å². The molecule has 1 atom stereocenters. The van der Waals surface area contributed by atoms with Gasteiger partial charge in [-0.25, -0.2) is 0 Å². The van der Waals surface area contributed by atoms with E-state index in [0.29, 0.717) is 6.04 Å². The van der Waals surface area contributed by atoms with Crippen molar-refractivity contribution in [1.29, 1.82) is 0 Å². The van der Waals surface area contributed by atoms with Crippen molar-refractivity contribution in [3.05, 3.63) is 42.1 Å². The molecule has 1 unspecified atom stereocenters. The molecule has 3 rings (SSSR count). The molecule has 0 aliphatic carbocycles. The molecular formula is C15H19N3. The molecule has 1 aromatic carbocycles. The van der Waals surface area contributed by atoms with E-state index in [1.54, 1.807) is 0 Å². The van der Waals surface area contributed by atoms with Crippen LogP contribution < -0.4 is 5.32 Å². The van der Waals surface area contributed by atoms with Gasteiger partial charge in [0.1, 0.15) is 0 Å². The summed E-state index contributed by atoms with van der Waals surface area (Å²) in [6, 6.07) is 11.1. The molecular weight excluding hydrogens is 222 g/mol. The molecule has 1 aromatic heterocycles. The molecule has 0 saturated carbocycles. The lowest BCUT2D eigenvalue weighted by molar-refractivity contribution is 0.199. The zero-order chi connectivity index (χ0) is 12.4. The van der Waals surface area contributed by atoms with Crippen LogP contribution in [0.15, 0.2) is 36.5 Å². The summed E-state index contributed by atoms with van der Waals surface area (Å²) < 4.78 is 0. The first-order chi connectivity index (χ1) is 8.81. The van der Waals surface area contributed by atoms with Gasteiger partial charge in [0.25, 0.3) is 0 Å². The Morgan fingerprint density at radius 1 is 1.39 bits per heavy atom. The highest BCUT2D eigenvalue weighted by Gasteiger charge is 2.15. The van der Waals surface area contributed by atoms with E-state index in [1.165, 1.54) is 10.9 Å². The number of benzene rings is 1. The van der Waals surface area contributed by atoms with Gasteiger partial charge in [0.15, 0.2) is 0 Å². The highest BCUT2D eigenvalue weighted by atomic mass is 15.2. The number of piperazine rings is 1. The lowest BCUT2D eigenvalue weighted by Crippen LogP contribution is -2.48. The predicted octanol–water partition coefficient (Wildman–Crippen LogP) is 2.03. The standard InChI is InChI=1S/C15H19N3/c1-12-10-18(7-6-16-12)11-13-8-14-4-2-3-5-15(14)17-9-13/h2-5,8-9,12,16H,6-7,10-11H2,1H3. The van der Waals surface area contributed by atoms with Crippen molar-refractivity contribution in [3.8, 4) is 0 Å². The normalized spacial score (nSPS) is 21.3. The predicted molar refractivity (Wildman–Crippen MR) is 74.5 cm³/mol. The van der Waals surface area contributed by atoms with Crippen LogP contribution in [-0.4, -0.2) is 35.6 Å². The van der Waals surface area contributed by atoms with E-state index < -0.39 is 0 Å². The van der Waals surface area contributed by atoms with Crippen molar-refractivity contribution in [2.24, 2.45) is 0 Å². The minimum atomic E-state index is 0.590. The number of hydrogen-bond acceptors (Lipinski definition) is 3. The first-order valence-corrected chi connectivity index (χ1v) is 6.61. The molecule has 18 heavy (non-hydrogen) atoms. The van der Waals surface area contributed by atoms with E-state index in [9.17, 15) is 0 Å². The summed E-state index contributed by atoms with van der Waals surface area (Å²) in [5.41, 5.74) is 2.39. The lowest BCUT2D eigenvalue weighted by Gasteiger charge is -2.31. The molecule has 1 aliphatic rings. The monoisotopic (exact) mass is 241 g/mol. The second-order valence-electron chi connectivity index (χ2n) is 5.13. The molecule has 0 spiro atoms. The van der Waals surface area contributed by atoms with Gasteiger partial charge in [0.2, 0.25) is 0 Å². The van der Waals surface area contributed by atoms with Crippen LogP contribution in [0.5, 0.6) is 0 Å². The third-order valence-corrected chi connectivity index (χ3v) is 3.51. The van der Waals surface area contributed by atoms with Gasteiger partial charge in [0, 0.05) is 43.8 Å². The maximum Gasteiger partial charge on any atom is 0.0702 e. The average Bonchev–Trinajstić information content (AvgIpc) is 2.39. The van der Waals surface area contributed by atoms with Crippen molar-refractivity contribution < 1.29 is 0 Å². The van der Waals surface area contributed by atoms with Crippen molar-refractivity contribution in [2.75, 3.05) is 19.6 Å². The fraction of sp³-hybridized carbons (Fsp3) is 0.400. The summed E-state index contributed by atoms with van der Waals surface area (Å²) in [7, 11) is 0. The summed E-state index contributed by atoms with van der Waals surface area (Å²) in [5, 5.41) is 4.70. The molecule has 1 saturated heterocycles. The van der Waals surface area contributed by atoms with Crippen LogP contribution in [0.1, 0.15) is 12.5 Å². The first kappa shape index (κ1) is 11.6. The molecule has 0 amide bonds. The summed E-state index contributed by atoms with van der Waals surface area (Å²) in [6.07, 6.45) is 2.01. The zero-order valence-corrected chi connectivity index (χ0v) is 10.8. The largest absolute Gasteiger partial charge is 0.312 e. The van der Waals surface area contributed by atoms with Gasteiger partial charge in [-0.15, -0.1) is 0 Å². The van der Waals surface area contributed by atoms with Crippen LogP contribution >= 0.6 is 0 Å². The lowest BCUT2D eigenvalue weighted by atomic mass is 10.1. The first-order valence-electron chi connectivity index (χ1n) is 6.61. The third-order valence-electron chi connectivity index (χ3n) is 3.51. The number of fused-ring (bicyclic) bond motifs is 1. The number of para-hydroxylation sites is 1. The molecule has 3 heteroatoms. The van der Waals surface area contributed by atoms with E-state index in [0.717, 1.165) is 31.7 Å². The van der Waals surface area contributed by atoms with Gasteiger partial charge in [-0.2, -0.15) is 0 Å². The van der Waals surface area contributed by atoms with Crippen LogP contribution in [0, 0.1) is 0 Å². The minimum absolute atomic E-state index is 0.590. The molecule has 2 heterocycles. The van der Waals surface area contributed by atoms with E-state index >= 15 is 0 Å². The molecule has 1 aliphatic heterocycles. The molecule has 0 radical (unpaired) electrons. The van der Waals surface area contributed by atoms with Crippen LogP contribution in [0.3, 0.4) is 0 Å². The van der Waals surface area contributed by atoms with Gasteiger partial charge in [-0.05, 0) is 24.6 Å². The van der Waals surface area contributed by atoms with Gasteiger partial charge in [-0.3, -0.25) is 9.88 Å². The maximum absolute atomic E-state index is 4.52. The summed E-state index contributed by atoms with van der Waals surface area (Å²) >= 11 is 0. The third kappa shape index (κ3) is 2.52. The number of hydrogen-bond donors (Lipinski definition) is 1. The van der Waals surface area contributed by atoms with Gasteiger partial charge >= 0.3 is 0 Å². The zero-order valence-electron chi connectivity index (χ0n) is 10.8. The summed E-state index contributed by atoms with van der Waals surface area (Å²) in [5.74, 6) is 0. The number of pyridine rings is 1. The highest BCUT2D eigenvalue weighted by molar-refractivity contribution is 5.78. The Labute approximate surface area is 108 Å². The van der Waals surface area contributed by atoms with E-state index in [-0.39, 0.29) is 0 Å². The number of aromatic nitrogens is 1. The van der Waals surface area contributed by atoms with E-state index in [4.69, 9.17) is 0 Å². The smallest absolute Gasteiger partial charge is 0.0702 e. The van der Waals surface area contributed by atoms with Crippen molar-refractivity contribution in [1.82, 2.24) is 15.2 Å². The van der Waals surface area contributed by atoms with Crippen molar-refractivity contribution in [3.63, 3.8) is 0 Å². The Morgan fingerprint density at radius 2 is 2.28 bits per heavy atom. The fourth-order valence-electron chi connectivity index (χ4n) is 2.62. The second kappa shape index (κ2) is 5.04. The van der Waals surface area contributed by atoms with Gasteiger partial charge in [0.05, 0.1) is 5.52 Å². The quantitative estimate of drug-likeness (QED) is 0.872. The average molecular weight is 241 g/mol. The summed E-state index contributed by atoms with van der Waals surface area (Å²) in [4.78, 5) is 7.02. The Morgan fingerprint density at radius 3 is 3.17 bits per heavy atom. The Kier molecular flexibility index (Phi) is 3.26. The fourth-order valence-corrected chi connectivity index (χ4v) is 2.62. The molecule has 1 fully saturated rings. The molecule has 2 aromatic rings. The van der Waals surface area contributed by atoms with Crippen LogP contribution in [0.25, 0.3) is 10.9 Å². The topological polar surface area (TPSA) is 28.2 Å². The van der Waals surface area contributed by atoms with E-state index in [2.05, 4.69) is 46.4 Å². The van der Waals surface area contributed by atoms with Crippen molar-refractivity contribution in [2.45, 2.75) is 19.5 Å². The molecule has 0 bridgehead atoms. The number of nitrogens with one attached hydrogen (secondary N) is 1. The highest BCUT2D eigenvalue weighted by Crippen LogP contribution is 2.14. The van der Waals surface area contributed by atoms with Crippen molar-refractivity contribution >= 4 is 10.9 Å². The van der Waals surface area contributed by atoms with Crippen LogP contribution in [0.4, 0.5) is 0 Å². The van der Waals surface area contributed by atoms with Gasteiger partial charge in [-0.1, -0.05) is 18.2 Å². The van der Waals surface area contributed by atoms with Gasteiger partial charge < -0.3 is 5.32 Å². The molecule has 94 valence electrons. The molecule has 3 nitrogen and oxygen atoms in total. The maximum atomic E-state index is 4.52. The minimum Gasteiger partial charge on any atom is -0.312 e. The van der Waals surface area contributed by atoms with E-state index in [1.807, 2.05) is 12.3 Å². The number of nitrogens with zero attached hydrogens (tertiary/aromatic N) is 2. The second-order valence-corrected chi connectivity index (χ2v) is 5.13. The number of rotatable bonds is 2. The molecule has 1 N–H and O–H groups in total. The van der Waals surface area contributed by atoms with Crippen LogP contribution in [-0.2, 0) is 6.54 Å². The Bertz CT molecular complexity index is 538. The Balaban J connectivity index is 1.78. The summed E-state index contributed by atoms with van der Waals surface area (Å²) in [6.45, 7) is 6.57. The SMILES string of the molecule is CC1CN(Cc2cnc3ccccc3c2)CCN1.